The molecule has 1 aromatic carbocycles. The van der Waals surface area contributed by atoms with Gasteiger partial charge in [-0.15, -0.1) is 0 Å². The molecule has 0 radical (unpaired) electrons. The van der Waals surface area contributed by atoms with Crippen molar-refractivity contribution in [2.45, 2.75) is 52.2 Å². The highest BCUT2D eigenvalue weighted by Gasteiger charge is 2.58. The maximum atomic E-state index is 13.3. The lowest BCUT2D eigenvalue weighted by Crippen LogP contribution is -2.60. The minimum atomic E-state index is -0.553. The Hall–Kier alpha value is -1.98. The molecular formula is C23H27FN2O2. The van der Waals surface area contributed by atoms with E-state index < -0.39 is 5.79 Å². The Morgan fingerprint density at radius 1 is 1.07 bits per heavy atom. The minimum Gasteiger partial charge on any atom is -0.348 e. The average Bonchev–Trinajstić information content (AvgIpc) is 3.06. The van der Waals surface area contributed by atoms with E-state index in [1.165, 1.54) is 23.3 Å². The fourth-order valence-electron chi connectivity index (χ4n) is 4.97. The number of hydrogen-bond acceptors (Lipinski definition) is 3. The van der Waals surface area contributed by atoms with E-state index in [4.69, 9.17) is 9.47 Å². The van der Waals surface area contributed by atoms with Crippen molar-refractivity contribution < 1.29 is 13.9 Å². The van der Waals surface area contributed by atoms with Crippen LogP contribution in [-0.2, 0) is 15.9 Å². The predicted molar refractivity (Wildman–Crippen MR) is 106 cm³/mol. The van der Waals surface area contributed by atoms with Gasteiger partial charge in [-0.1, -0.05) is 26.3 Å². The summed E-state index contributed by atoms with van der Waals surface area (Å²) >= 11 is 0. The zero-order valence-corrected chi connectivity index (χ0v) is 16.8. The molecule has 4 nitrogen and oxygen atoms in total. The van der Waals surface area contributed by atoms with Crippen LogP contribution in [0.15, 0.2) is 36.0 Å². The molecule has 2 aromatic rings. The molecule has 1 aromatic heterocycles. The van der Waals surface area contributed by atoms with Gasteiger partial charge in [0.1, 0.15) is 5.82 Å². The molecule has 5 rings (SSSR count). The molecule has 1 aliphatic heterocycles. The lowest BCUT2D eigenvalue weighted by molar-refractivity contribution is -0.346. The van der Waals surface area contributed by atoms with Crippen molar-refractivity contribution in [1.29, 1.82) is 0 Å². The smallest absolute Gasteiger partial charge is 0.177 e. The third-order valence-electron chi connectivity index (χ3n) is 6.71. The molecule has 28 heavy (non-hydrogen) atoms. The monoisotopic (exact) mass is 382 g/mol. The van der Waals surface area contributed by atoms with Gasteiger partial charge < -0.3 is 9.47 Å². The topological polar surface area (TPSA) is 36.3 Å². The zero-order chi connectivity index (χ0) is 19.6. The predicted octanol–water partition coefficient (Wildman–Crippen LogP) is 4.91. The summed E-state index contributed by atoms with van der Waals surface area (Å²) in [6.07, 6.45) is 8.08. The highest BCUT2D eigenvalue weighted by Crippen LogP contribution is 2.57. The third kappa shape index (κ3) is 2.60. The highest BCUT2D eigenvalue weighted by atomic mass is 19.1. The van der Waals surface area contributed by atoms with Crippen LogP contribution in [0.1, 0.15) is 51.3 Å². The summed E-state index contributed by atoms with van der Waals surface area (Å²) in [5.74, 6) is -0.790. The van der Waals surface area contributed by atoms with Crippen LogP contribution in [0.5, 0.6) is 0 Å². The normalized spacial score (nSPS) is 27.8. The third-order valence-corrected chi connectivity index (χ3v) is 6.71. The Bertz CT molecular complexity index is 934. The Balaban J connectivity index is 1.54. The van der Waals surface area contributed by atoms with Gasteiger partial charge >= 0.3 is 0 Å². The molecule has 0 N–H and O–H groups in total. The van der Waals surface area contributed by atoms with Gasteiger partial charge in [-0.25, -0.2) is 9.07 Å². The van der Waals surface area contributed by atoms with Crippen molar-refractivity contribution in [3.8, 4) is 5.69 Å². The van der Waals surface area contributed by atoms with Crippen LogP contribution in [0, 0.1) is 16.6 Å². The average molecular weight is 382 g/mol. The molecule has 1 saturated heterocycles. The summed E-state index contributed by atoms with van der Waals surface area (Å²) in [6, 6.07) is 6.49. The molecule has 0 unspecified atom stereocenters. The van der Waals surface area contributed by atoms with Gasteiger partial charge in [-0.05, 0) is 55.2 Å². The number of rotatable bonds is 1. The number of ether oxygens (including phenoxy) is 2. The van der Waals surface area contributed by atoms with Gasteiger partial charge in [0.25, 0.3) is 0 Å². The lowest BCUT2D eigenvalue weighted by atomic mass is 9.61. The van der Waals surface area contributed by atoms with E-state index in [9.17, 15) is 4.39 Å². The Morgan fingerprint density at radius 2 is 1.79 bits per heavy atom. The molecule has 0 bridgehead atoms. The molecule has 2 fully saturated rings. The summed E-state index contributed by atoms with van der Waals surface area (Å²) in [5.41, 5.74) is 4.39. The second kappa shape index (κ2) is 6.01. The van der Waals surface area contributed by atoms with Crippen LogP contribution in [0.2, 0.25) is 0 Å². The second-order valence-electron chi connectivity index (χ2n) is 9.47. The minimum absolute atomic E-state index is 0.0518. The van der Waals surface area contributed by atoms with E-state index in [1.807, 2.05) is 10.9 Å². The first-order chi connectivity index (χ1) is 13.3. The Morgan fingerprint density at radius 3 is 2.50 bits per heavy atom. The maximum absolute atomic E-state index is 13.3. The first-order valence-corrected chi connectivity index (χ1v) is 10.1. The van der Waals surface area contributed by atoms with Crippen LogP contribution in [0.25, 0.3) is 11.8 Å². The Labute approximate surface area is 165 Å². The quantitative estimate of drug-likeness (QED) is 0.703. The van der Waals surface area contributed by atoms with E-state index >= 15 is 0 Å². The Kier molecular flexibility index (Phi) is 3.88. The highest BCUT2D eigenvalue weighted by molar-refractivity contribution is 5.61. The van der Waals surface area contributed by atoms with Crippen molar-refractivity contribution in [3.63, 3.8) is 0 Å². The van der Waals surface area contributed by atoms with Crippen LogP contribution >= 0.6 is 0 Å². The molecular weight excluding hydrogens is 355 g/mol. The van der Waals surface area contributed by atoms with Crippen molar-refractivity contribution in [3.05, 3.63) is 53.1 Å². The van der Waals surface area contributed by atoms with Gasteiger partial charge in [0.05, 0.1) is 30.8 Å². The van der Waals surface area contributed by atoms with E-state index in [-0.39, 0.29) is 16.6 Å². The van der Waals surface area contributed by atoms with Gasteiger partial charge in [-0.3, -0.25) is 0 Å². The van der Waals surface area contributed by atoms with E-state index in [2.05, 4.69) is 31.9 Å². The van der Waals surface area contributed by atoms with Gasteiger partial charge in [-0.2, -0.15) is 5.10 Å². The first kappa shape index (κ1) is 18.1. The van der Waals surface area contributed by atoms with Gasteiger partial charge in [0.15, 0.2) is 5.79 Å². The van der Waals surface area contributed by atoms with Crippen LogP contribution in [-0.4, -0.2) is 28.8 Å². The number of benzene rings is 1. The van der Waals surface area contributed by atoms with Gasteiger partial charge in [0.2, 0.25) is 0 Å². The van der Waals surface area contributed by atoms with Crippen LogP contribution < -0.4 is 0 Å². The standard InChI is InChI=1S/C23H27FN2O2/c1-21(2)14-27-23(28-15-21)10-4-5-17-11-20-16(12-22(17,23)3)13-25-26(20)19-8-6-18(24)7-9-19/h6-9,11,13H,4-5,10,12,14-15H2,1-3H3/t22-/m0/s1. The first-order valence-electron chi connectivity index (χ1n) is 10.1. The van der Waals surface area contributed by atoms with Crippen molar-refractivity contribution in [2.24, 2.45) is 10.8 Å². The maximum Gasteiger partial charge on any atom is 0.177 e. The van der Waals surface area contributed by atoms with Crippen LogP contribution in [0.4, 0.5) is 4.39 Å². The summed E-state index contributed by atoms with van der Waals surface area (Å²) in [4.78, 5) is 0. The fraction of sp³-hybridized carbons (Fsp3) is 0.522. The fourth-order valence-corrected chi connectivity index (χ4v) is 4.97. The SMILES string of the molecule is CC1(C)COC2(CCCC3=Cc4c(cnn4-c4ccc(F)cc4)C[C@@]32C)OC1. The number of hydrogen-bond donors (Lipinski definition) is 0. The molecule has 2 heterocycles. The summed E-state index contributed by atoms with van der Waals surface area (Å²) in [5, 5.41) is 4.61. The lowest BCUT2D eigenvalue weighted by Gasteiger charge is -2.57. The molecule has 1 spiro atoms. The molecule has 5 heteroatoms. The molecule has 1 saturated carbocycles. The van der Waals surface area contributed by atoms with Crippen molar-refractivity contribution in [1.82, 2.24) is 9.78 Å². The largest absolute Gasteiger partial charge is 0.348 e. The summed E-state index contributed by atoms with van der Waals surface area (Å²) < 4.78 is 28.2. The van der Waals surface area contributed by atoms with Crippen LogP contribution in [0.3, 0.4) is 0 Å². The molecule has 148 valence electrons. The van der Waals surface area contributed by atoms with E-state index in [0.29, 0.717) is 0 Å². The van der Waals surface area contributed by atoms with Crippen molar-refractivity contribution >= 4 is 6.08 Å². The summed E-state index contributed by atoms with van der Waals surface area (Å²) in [6.45, 7) is 8.10. The van der Waals surface area contributed by atoms with E-state index in [0.717, 1.165) is 50.3 Å². The van der Waals surface area contributed by atoms with Gasteiger partial charge in [0, 0.05) is 17.3 Å². The number of aromatic nitrogens is 2. The molecule has 3 aliphatic rings. The molecule has 1 atom stereocenters. The van der Waals surface area contributed by atoms with E-state index in [1.54, 1.807) is 12.1 Å². The molecule has 0 amide bonds. The van der Waals surface area contributed by atoms with Crippen molar-refractivity contribution in [2.75, 3.05) is 13.2 Å². The summed E-state index contributed by atoms with van der Waals surface area (Å²) in [7, 11) is 0. The zero-order valence-electron chi connectivity index (χ0n) is 16.8. The number of fused-ring (bicyclic) bond motifs is 3. The number of nitrogens with zero attached hydrogens (tertiary/aromatic N) is 2. The number of halogens is 1. The second-order valence-corrected chi connectivity index (χ2v) is 9.47. The molecule has 2 aliphatic carbocycles.